The first-order valence-electron chi connectivity index (χ1n) is 10.4. The maximum absolute atomic E-state index is 12.5. The van der Waals surface area contributed by atoms with Gasteiger partial charge in [0.2, 0.25) is 0 Å². The number of hydrogen-bond donors (Lipinski definition) is 3. The first-order valence-corrected chi connectivity index (χ1v) is 11.5. The highest BCUT2D eigenvalue weighted by atomic mass is 32.2. The lowest BCUT2D eigenvalue weighted by Crippen LogP contribution is -2.13. The molecule has 2 aromatic carbocycles. The van der Waals surface area contributed by atoms with Crippen molar-refractivity contribution < 1.29 is 9.00 Å². The van der Waals surface area contributed by atoms with Gasteiger partial charge in [0, 0.05) is 24.5 Å². The van der Waals surface area contributed by atoms with Crippen LogP contribution < -0.4 is 15.4 Å². The molecule has 0 bridgehead atoms. The van der Waals surface area contributed by atoms with E-state index in [9.17, 15) is 9.00 Å². The van der Waals surface area contributed by atoms with Crippen molar-refractivity contribution in [2.75, 3.05) is 16.6 Å². The van der Waals surface area contributed by atoms with Crippen LogP contribution in [-0.2, 0) is 47.2 Å². The molecule has 0 spiro atoms. The SMILES string of the molecule is C=CCNCc1cccc(N[S-](=O)=NC(=O)Nc2c3c(cc4c2CCC4)CCC3)c1. The van der Waals surface area contributed by atoms with E-state index in [0.717, 1.165) is 49.8 Å². The molecule has 0 saturated heterocycles. The van der Waals surface area contributed by atoms with Crippen molar-refractivity contribution in [3.8, 4) is 0 Å². The van der Waals surface area contributed by atoms with Gasteiger partial charge in [-0.2, -0.15) is 0 Å². The summed E-state index contributed by atoms with van der Waals surface area (Å²) in [5.41, 5.74) is 7.76. The van der Waals surface area contributed by atoms with Gasteiger partial charge in [0.15, 0.2) is 0 Å². The molecule has 0 aliphatic heterocycles. The molecule has 0 fully saturated rings. The second-order valence-corrected chi connectivity index (χ2v) is 8.61. The molecule has 2 amide bonds. The average molecular weight is 424 g/mol. The molecule has 158 valence electrons. The molecule has 0 atom stereocenters. The Morgan fingerprint density at radius 1 is 1.10 bits per heavy atom. The highest BCUT2D eigenvalue weighted by Gasteiger charge is 2.24. The van der Waals surface area contributed by atoms with Crippen LogP contribution in [0, 0.1) is 0 Å². The van der Waals surface area contributed by atoms with Crippen LogP contribution in [-0.4, -0.2) is 12.6 Å². The van der Waals surface area contributed by atoms with Crippen molar-refractivity contribution in [3.63, 3.8) is 0 Å². The van der Waals surface area contributed by atoms with Crippen molar-refractivity contribution in [3.05, 3.63) is 70.8 Å². The Labute approximate surface area is 179 Å². The Morgan fingerprint density at radius 3 is 2.53 bits per heavy atom. The molecular formula is C23H27N4O2S-. The Hall–Kier alpha value is -2.64. The van der Waals surface area contributed by atoms with E-state index in [4.69, 9.17) is 0 Å². The first kappa shape index (κ1) is 20.6. The first-order chi connectivity index (χ1) is 14.6. The highest BCUT2D eigenvalue weighted by Crippen LogP contribution is 2.38. The summed E-state index contributed by atoms with van der Waals surface area (Å²) in [6.07, 6.45) is 8.11. The normalized spacial score (nSPS) is 15.5. The summed E-state index contributed by atoms with van der Waals surface area (Å²) in [5.74, 6) is 0. The number of aryl methyl sites for hydroxylation is 2. The van der Waals surface area contributed by atoms with Gasteiger partial charge in [0.05, 0.1) is 0 Å². The molecule has 2 aliphatic rings. The summed E-state index contributed by atoms with van der Waals surface area (Å²) >= 11 is 0. The number of carbonyl (C=O) groups is 1. The highest BCUT2D eigenvalue weighted by molar-refractivity contribution is 7.76. The number of hydrogen-bond acceptors (Lipinski definition) is 4. The number of amides is 2. The zero-order valence-electron chi connectivity index (χ0n) is 17.0. The number of nitrogens with zero attached hydrogens (tertiary/aromatic N) is 1. The second-order valence-electron chi connectivity index (χ2n) is 7.73. The van der Waals surface area contributed by atoms with Crippen molar-refractivity contribution >= 4 is 28.2 Å². The van der Waals surface area contributed by atoms with Crippen LogP contribution in [0.15, 0.2) is 47.3 Å². The summed E-state index contributed by atoms with van der Waals surface area (Å²) in [6, 6.07) is 9.29. The van der Waals surface area contributed by atoms with Crippen molar-refractivity contribution in [1.82, 2.24) is 5.32 Å². The Bertz CT molecular complexity index is 1030. The van der Waals surface area contributed by atoms with Crippen molar-refractivity contribution in [2.24, 2.45) is 4.36 Å². The molecule has 0 radical (unpaired) electrons. The number of anilines is 2. The minimum absolute atomic E-state index is 0.570. The molecule has 2 aromatic rings. The fourth-order valence-corrected chi connectivity index (χ4v) is 4.93. The molecule has 30 heavy (non-hydrogen) atoms. The van der Waals surface area contributed by atoms with Gasteiger partial charge in [-0.1, -0.05) is 35.1 Å². The van der Waals surface area contributed by atoms with Gasteiger partial charge in [-0.15, -0.1) is 6.58 Å². The fraction of sp³-hybridized carbons (Fsp3) is 0.348. The second kappa shape index (κ2) is 9.45. The largest absolute Gasteiger partial charge is 0.435 e. The molecule has 0 saturated carbocycles. The van der Waals surface area contributed by atoms with Crippen LogP contribution in [0.2, 0.25) is 0 Å². The van der Waals surface area contributed by atoms with E-state index in [1.807, 2.05) is 18.2 Å². The molecule has 0 heterocycles. The Balaban J connectivity index is 1.45. The van der Waals surface area contributed by atoms with Gasteiger partial charge in [-0.05, 0) is 78.5 Å². The quantitative estimate of drug-likeness (QED) is 0.344. The lowest BCUT2D eigenvalue weighted by atomic mass is 9.99. The number of benzene rings is 2. The van der Waals surface area contributed by atoms with Crippen LogP contribution in [0.4, 0.5) is 16.2 Å². The van der Waals surface area contributed by atoms with E-state index in [1.54, 1.807) is 12.1 Å². The van der Waals surface area contributed by atoms with Gasteiger partial charge < -0.3 is 19.6 Å². The van der Waals surface area contributed by atoms with Gasteiger partial charge in [0.25, 0.3) is 0 Å². The minimum atomic E-state index is -1.86. The Morgan fingerprint density at radius 2 is 1.83 bits per heavy atom. The number of nitrogens with one attached hydrogen (secondary N) is 3. The third-order valence-corrected chi connectivity index (χ3v) is 6.36. The summed E-state index contributed by atoms with van der Waals surface area (Å²) in [7, 11) is -1.86. The molecule has 2 aliphatic carbocycles. The molecule has 7 heteroatoms. The smallest absolute Gasteiger partial charge is 0.323 e. The van der Waals surface area contributed by atoms with E-state index in [-0.39, 0.29) is 0 Å². The molecule has 0 unspecified atom stereocenters. The average Bonchev–Trinajstić information content (AvgIpc) is 3.37. The zero-order chi connectivity index (χ0) is 20.9. The Kier molecular flexibility index (Phi) is 6.50. The molecule has 3 N–H and O–H groups in total. The topological polar surface area (TPSA) is 82.6 Å². The predicted molar refractivity (Wildman–Crippen MR) is 122 cm³/mol. The third kappa shape index (κ3) is 4.74. The third-order valence-electron chi connectivity index (χ3n) is 5.62. The maximum atomic E-state index is 12.5. The van der Waals surface area contributed by atoms with E-state index in [2.05, 4.69) is 32.4 Å². The molecule has 0 aromatic heterocycles. The number of fused-ring (bicyclic) bond motifs is 2. The fourth-order valence-electron chi connectivity index (χ4n) is 4.36. The molecule has 4 rings (SSSR count). The summed E-state index contributed by atoms with van der Waals surface area (Å²) in [6.45, 7) is 5.07. The number of rotatable bonds is 7. The molecular weight excluding hydrogens is 396 g/mol. The minimum Gasteiger partial charge on any atom is -0.435 e. The zero-order valence-corrected chi connectivity index (χ0v) is 17.8. The number of urea groups is 1. The lowest BCUT2D eigenvalue weighted by molar-refractivity contribution is 0.260. The standard InChI is InChI=1S/C23H27N4O2S/c1-2-12-24-15-16-6-3-9-19(13-16)26-30(29)27-23(28)25-22-20-10-4-7-17(20)14-18-8-5-11-21(18)22/h2-3,6,9,13-14,24H,1,4-5,7-8,10-12,15H2,(H2,25,26,27,28,29)/q-1. The van der Waals surface area contributed by atoms with E-state index < -0.39 is 16.8 Å². The summed E-state index contributed by atoms with van der Waals surface area (Å²) in [5, 5.41) is 6.17. The van der Waals surface area contributed by atoms with Gasteiger partial charge >= 0.3 is 6.03 Å². The van der Waals surface area contributed by atoms with Crippen LogP contribution in [0.3, 0.4) is 0 Å². The number of carbonyl (C=O) groups excluding carboxylic acids is 1. The van der Waals surface area contributed by atoms with Gasteiger partial charge in [-0.3, -0.25) is 4.36 Å². The maximum Gasteiger partial charge on any atom is 0.323 e. The van der Waals surface area contributed by atoms with E-state index in [0.29, 0.717) is 18.8 Å². The van der Waals surface area contributed by atoms with Crippen LogP contribution in [0.1, 0.15) is 40.7 Å². The monoisotopic (exact) mass is 423 g/mol. The van der Waals surface area contributed by atoms with E-state index >= 15 is 0 Å². The van der Waals surface area contributed by atoms with E-state index in [1.165, 1.54) is 22.3 Å². The molecule has 6 nitrogen and oxygen atoms in total. The van der Waals surface area contributed by atoms with Crippen LogP contribution >= 0.6 is 0 Å². The van der Waals surface area contributed by atoms with Crippen LogP contribution in [0.5, 0.6) is 0 Å². The van der Waals surface area contributed by atoms with Crippen molar-refractivity contribution in [1.29, 1.82) is 0 Å². The van der Waals surface area contributed by atoms with Gasteiger partial charge in [-0.25, -0.2) is 4.79 Å². The summed E-state index contributed by atoms with van der Waals surface area (Å²) < 4.78 is 19.0. The van der Waals surface area contributed by atoms with Crippen molar-refractivity contribution in [2.45, 2.75) is 45.1 Å². The summed E-state index contributed by atoms with van der Waals surface area (Å²) in [4.78, 5) is 12.5. The van der Waals surface area contributed by atoms with Gasteiger partial charge in [0.1, 0.15) is 0 Å². The lowest BCUT2D eigenvalue weighted by Gasteiger charge is -2.16. The van der Waals surface area contributed by atoms with Crippen LogP contribution in [0.25, 0.3) is 0 Å². The predicted octanol–water partition coefficient (Wildman–Crippen LogP) is 4.65.